The molecule has 3 amide bonds. The number of pyridine rings is 1. The summed E-state index contributed by atoms with van der Waals surface area (Å²) in [6.45, 7) is 5.54. The van der Waals surface area contributed by atoms with Gasteiger partial charge in [-0.25, -0.2) is 4.79 Å². The second-order valence-electron chi connectivity index (χ2n) is 10.2. The van der Waals surface area contributed by atoms with Crippen LogP contribution in [0, 0.1) is 11.8 Å². The van der Waals surface area contributed by atoms with Gasteiger partial charge in [-0.3, -0.25) is 9.59 Å². The van der Waals surface area contributed by atoms with Crippen LogP contribution in [0.5, 0.6) is 11.5 Å². The van der Waals surface area contributed by atoms with E-state index in [1.165, 1.54) is 0 Å². The maximum Gasteiger partial charge on any atom is 0.318 e. The quantitative estimate of drug-likeness (QED) is 0.524. The van der Waals surface area contributed by atoms with E-state index in [1.807, 2.05) is 54.8 Å². The van der Waals surface area contributed by atoms with Crippen LogP contribution >= 0.6 is 0 Å². The molecule has 1 fully saturated rings. The van der Waals surface area contributed by atoms with Crippen LogP contribution in [0.3, 0.4) is 0 Å². The lowest BCUT2D eigenvalue weighted by Gasteiger charge is -2.43. The summed E-state index contributed by atoms with van der Waals surface area (Å²) in [5.74, 6) is 1.37. The average Bonchev–Trinajstić information content (AvgIpc) is 2.89. The Morgan fingerprint density at radius 2 is 1.62 bits per heavy atom. The van der Waals surface area contributed by atoms with Gasteiger partial charge in [0, 0.05) is 43.0 Å². The van der Waals surface area contributed by atoms with Crippen LogP contribution in [0.15, 0.2) is 77.6 Å². The number of fused-ring (bicyclic) bond motifs is 4. The van der Waals surface area contributed by atoms with Crippen molar-refractivity contribution >= 4 is 17.6 Å². The Morgan fingerprint density at radius 3 is 2.35 bits per heavy atom. The van der Waals surface area contributed by atoms with Crippen molar-refractivity contribution in [2.24, 2.45) is 11.8 Å². The number of piperidine rings is 1. The number of anilines is 1. The molecule has 2 unspecified atom stereocenters. The molecular weight excluding hydrogens is 468 g/mol. The van der Waals surface area contributed by atoms with Crippen molar-refractivity contribution in [2.45, 2.75) is 38.8 Å². The lowest BCUT2D eigenvalue weighted by molar-refractivity contribution is -0.118. The summed E-state index contributed by atoms with van der Waals surface area (Å²) in [6, 6.07) is 21.0. The molecule has 37 heavy (non-hydrogen) atoms. The van der Waals surface area contributed by atoms with Crippen molar-refractivity contribution in [3.05, 3.63) is 88.8 Å². The number of nitrogens with zero attached hydrogens (tertiary/aromatic N) is 2. The van der Waals surface area contributed by atoms with Gasteiger partial charge in [0.2, 0.25) is 5.91 Å². The minimum Gasteiger partial charge on any atom is -0.457 e. The summed E-state index contributed by atoms with van der Waals surface area (Å²) in [5.41, 5.74) is 1.63. The van der Waals surface area contributed by atoms with E-state index in [4.69, 9.17) is 4.74 Å². The molecule has 3 heterocycles. The van der Waals surface area contributed by atoms with Crippen molar-refractivity contribution in [1.29, 1.82) is 0 Å². The normalized spacial score (nSPS) is 19.1. The molecule has 8 nitrogen and oxygen atoms in total. The van der Waals surface area contributed by atoms with E-state index in [2.05, 4.69) is 10.6 Å². The highest BCUT2D eigenvalue weighted by Gasteiger charge is 2.37. The summed E-state index contributed by atoms with van der Waals surface area (Å²) >= 11 is 0. The predicted molar refractivity (Wildman–Crippen MR) is 142 cm³/mol. The Balaban J connectivity index is 1.21. The van der Waals surface area contributed by atoms with E-state index in [1.54, 1.807) is 41.3 Å². The molecule has 2 aliphatic heterocycles. The zero-order valence-corrected chi connectivity index (χ0v) is 21.1. The SMILES string of the molecule is CC(C)[C@H](NC(=O)N1CC2CC(C1)c1cccc(=O)n1C2)C(=O)Nc1ccc(Oc2ccccc2)cc1. The van der Waals surface area contributed by atoms with Crippen LogP contribution in [0.1, 0.15) is 31.9 Å². The lowest BCUT2D eigenvalue weighted by Crippen LogP contribution is -2.56. The molecule has 0 spiro atoms. The summed E-state index contributed by atoms with van der Waals surface area (Å²) in [7, 11) is 0. The van der Waals surface area contributed by atoms with Crippen LogP contribution in [-0.4, -0.2) is 40.5 Å². The molecule has 8 heteroatoms. The van der Waals surface area contributed by atoms with Crippen molar-refractivity contribution in [2.75, 3.05) is 18.4 Å². The van der Waals surface area contributed by atoms with Gasteiger partial charge in [-0.2, -0.15) is 0 Å². The molecule has 0 radical (unpaired) electrons. The number of urea groups is 1. The minimum atomic E-state index is -0.690. The first-order valence-electron chi connectivity index (χ1n) is 12.8. The smallest absolute Gasteiger partial charge is 0.318 e. The molecule has 1 aromatic heterocycles. The number of carbonyl (C=O) groups excluding carboxylic acids is 2. The molecule has 2 aromatic carbocycles. The van der Waals surface area contributed by atoms with E-state index in [-0.39, 0.29) is 35.3 Å². The first-order chi connectivity index (χ1) is 17.9. The molecule has 2 N–H and O–H groups in total. The fourth-order valence-electron chi connectivity index (χ4n) is 5.27. The highest BCUT2D eigenvalue weighted by Crippen LogP contribution is 2.35. The Kier molecular flexibility index (Phi) is 6.99. The Morgan fingerprint density at radius 1 is 0.892 bits per heavy atom. The van der Waals surface area contributed by atoms with Gasteiger partial charge >= 0.3 is 6.03 Å². The Bertz CT molecular complexity index is 1320. The Labute approximate surface area is 216 Å². The molecule has 0 saturated carbocycles. The van der Waals surface area contributed by atoms with Crippen LogP contribution in [0.2, 0.25) is 0 Å². The van der Waals surface area contributed by atoms with Gasteiger partial charge in [0.15, 0.2) is 0 Å². The number of hydrogen-bond acceptors (Lipinski definition) is 4. The molecule has 1 saturated heterocycles. The fourth-order valence-corrected chi connectivity index (χ4v) is 5.27. The standard InChI is InChI=1S/C29H32N4O4/c1-19(2)27(28(35)30-22-11-13-24(14-12-22)37-23-7-4-3-5-8-23)31-29(36)32-16-20-15-21(18-32)25-9-6-10-26(34)33(25)17-20/h3-14,19-21,27H,15-18H2,1-2H3,(H,30,35)(H,31,36)/t20?,21?,27-/m0/s1. The third-order valence-electron chi connectivity index (χ3n) is 7.10. The number of rotatable bonds is 6. The topological polar surface area (TPSA) is 92.7 Å². The van der Waals surface area contributed by atoms with E-state index in [0.717, 1.165) is 17.9 Å². The number of ether oxygens (including phenoxy) is 1. The lowest BCUT2D eigenvalue weighted by atomic mass is 9.83. The molecule has 2 aliphatic rings. The van der Waals surface area contributed by atoms with E-state index < -0.39 is 6.04 Å². The third kappa shape index (κ3) is 5.53. The van der Waals surface area contributed by atoms with Gasteiger partial charge in [-0.1, -0.05) is 38.1 Å². The summed E-state index contributed by atoms with van der Waals surface area (Å²) < 4.78 is 7.65. The first kappa shape index (κ1) is 24.6. The van der Waals surface area contributed by atoms with Gasteiger partial charge in [-0.15, -0.1) is 0 Å². The summed E-state index contributed by atoms with van der Waals surface area (Å²) in [5, 5.41) is 5.87. The average molecular weight is 501 g/mol. The molecule has 2 bridgehead atoms. The largest absolute Gasteiger partial charge is 0.457 e. The number of hydrogen-bond donors (Lipinski definition) is 2. The number of nitrogens with one attached hydrogen (secondary N) is 2. The maximum absolute atomic E-state index is 13.2. The fraction of sp³-hybridized carbons (Fsp3) is 0.345. The molecular formula is C29H32N4O4. The zero-order chi connectivity index (χ0) is 25.9. The van der Waals surface area contributed by atoms with Crippen molar-refractivity contribution in [3.63, 3.8) is 0 Å². The third-order valence-corrected chi connectivity index (χ3v) is 7.10. The molecule has 3 aromatic rings. The zero-order valence-electron chi connectivity index (χ0n) is 21.1. The molecule has 192 valence electrons. The van der Waals surface area contributed by atoms with Gasteiger partial charge in [0.05, 0.1) is 0 Å². The monoisotopic (exact) mass is 500 g/mol. The summed E-state index contributed by atoms with van der Waals surface area (Å²) in [6.07, 6.45) is 0.964. The van der Waals surface area contributed by atoms with Crippen molar-refractivity contribution in [3.8, 4) is 11.5 Å². The van der Waals surface area contributed by atoms with Crippen LogP contribution < -0.4 is 20.9 Å². The van der Waals surface area contributed by atoms with Crippen LogP contribution in [-0.2, 0) is 11.3 Å². The van der Waals surface area contributed by atoms with Crippen LogP contribution in [0.4, 0.5) is 10.5 Å². The van der Waals surface area contributed by atoms with Crippen molar-refractivity contribution in [1.82, 2.24) is 14.8 Å². The Hall–Kier alpha value is -4.07. The van der Waals surface area contributed by atoms with E-state index in [9.17, 15) is 14.4 Å². The van der Waals surface area contributed by atoms with Gasteiger partial charge in [-0.05, 0) is 60.7 Å². The number of amides is 3. The second-order valence-corrected chi connectivity index (χ2v) is 10.2. The van der Waals surface area contributed by atoms with E-state index >= 15 is 0 Å². The second kappa shape index (κ2) is 10.5. The molecule has 0 aliphatic carbocycles. The first-order valence-corrected chi connectivity index (χ1v) is 12.8. The molecule has 5 rings (SSSR count). The maximum atomic E-state index is 13.2. The predicted octanol–water partition coefficient (Wildman–Crippen LogP) is 4.43. The van der Waals surface area contributed by atoms with E-state index in [0.29, 0.717) is 31.1 Å². The minimum absolute atomic E-state index is 0.0151. The number of para-hydroxylation sites is 1. The van der Waals surface area contributed by atoms with Crippen molar-refractivity contribution < 1.29 is 14.3 Å². The van der Waals surface area contributed by atoms with Gasteiger partial charge in [0.1, 0.15) is 17.5 Å². The molecule has 3 atom stereocenters. The summed E-state index contributed by atoms with van der Waals surface area (Å²) in [4.78, 5) is 40.4. The van der Waals surface area contributed by atoms with Gasteiger partial charge < -0.3 is 24.8 Å². The number of carbonyl (C=O) groups is 2. The highest BCUT2D eigenvalue weighted by atomic mass is 16.5. The van der Waals surface area contributed by atoms with Gasteiger partial charge in [0.25, 0.3) is 5.56 Å². The number of benzene rings is 2. The number of likely N-dealkylation sites (tertiary alicyclic amines) is 1. The highest BCUT2D eigenvalue weighted by molar-refractivity contribution is 5.97. The van der Waals surface area contributed by atoms with Crippen LogP contribution in [0.25, 0.3) is 0 Å². The number of aromatic nitrogens is 1.